The number of halogens is 3. The lowest BCUT2D eigenvalue weighted by molar-refractivity contribution is 0.289. The number of oxime groups is 1. The highest BCUT2D eigenvalue weighted by molar-refractivity contribution is 6.30. The maximum Gasteiger partial charge on any atom is 0.183 e. The lowest BCUT2D eigenvalue weighted by atomic mass is 10.1. The molecule has 0 aliphatic heterocycles. The second kappa shape index (κ2) is 6.41. The topological polar surface area (TPSA) is 67.8 Å². The van der Waals surface area contributed by atoms with Gasteiger partial charge >= 0.3 is 0 Å². The van der Waals surface area contributed by atoms with Gasteiger partial charge < -0.3 is 15.7 Å². The largest absolute Gasteiger partial charge is 0.486 e. The molecular formula is C14H11ClF2N2O2. The first-order chi connectivity index (χ1) is 10.0. The Balaban J connectivity index is 2.26. The number of ether oxygens (including phenoxy) is 1. The summed E-state index contributed by atoms with van der Waals surface area (Å²) >= 11 is 5.64. The SMILES string of the molecule is N/C(=N/O)c1cc(F)ccc1COc1cccc(Cl)c1F. The van der Waals surface area contributed by atoms with E-state index in [1.807, 2.05) is 0 Å². The van der Waals surface area contributed by atoms with Crippen LogP contribution in [0.4, 0.5) is 8.78 Å². The quantitative estimate of drug-likeness (QED) is 0.394. The molecule has 0 amide bonds. The van der Waals surface area contributed by atoms with E-state index in [1.165, 1.54) is 30.3 Å². The maximum atomic E-state index is 13.7. The predicted octanol–water partition coefficient (Wildman–Crippen LogP) is 3.29. The molecule has 0 spiro atoms. The zero-order valence-corrected chi connectivity index (χ0v) is 11.4. The molecule has 0 aliphatic carbocycles. The van der Waals surface area contributed by atoms with E-state index in [0.29, 0.717) is 5.56 Å². The van der Waals surface area contributed by atoms with E-state index >= 15 is 0 Å². The van der Waals surface area contributed by atoms with Gasteiger partial charge in [-0.25, -0.2) is 8.78 Å². The average Bonchev–Trinajstić information content (AvgIpc) is 2.49. The summed E-state index contributed by atoms with van der Waals surface area (Å²) in [5.41, 5.74) is 6.07. The Labute approximate surface area is 124 Å². The zero-order chi connectivity index (χ0) is 15.4. The molecule has 0 bridgehead atoms. The van der Waals surface area contributed by atoms with Crippen LogP contribution in [-0.4, -0.2) is 11.0 Å². The molecule has 0 fully saturated rings. The molecule has 0 aliphatic rings. The van der Waals surface area contributed by atoms with Crippen molar-refractivity contribution in [1.29, 1.82) is 0 Å². The van der Waals surface area contributed by atoms with Gasteiger partial charge in [-0.05, 0) is 24.3 Å². The fourth-order valence-electron chi connectivity index (χ4n) is 1.72. The van der Waals surface area contributed by atoms with Crippen LogP contribution >= 0.6 is 11.6 Å². The van der Waals surface area contributed by atoms with Crippen molar-refractivity contribution in [1.82, 2.24) is 0 Å². The second-order valence-electron chi connectivity index (χ2n) is 4.13. The number of hydrogen-bond donors (Lipinski definition) is 2. The summed E-state index contributed by atoms with van der Waals surface area (Å²) in [6.07, 6.45) is 0. The van der Waals surface area contributed by atoms with Gasteiger partial charge in [-0.1, -0.05) is 28.9 Å². The highest BCUT2D eigenvalue weighted by Gasteiger charge is 2.12. The number of rotatable bonds is 4. The van der Waals surface area contributed by atoms with Crippen LogP contribution in [0.2, 0.25) is 5.02 Å². The van der Waals surface area contributed by atoms with Crippen molar-refractivity contribution in [3.63, 3.8) is 0 Å². The van der Waals surface area contributed by atoms with E-state index in [9.17, 15) is 8.78 Å². The first-order valence-electron chi connectivity index (χ1n) is 5.86. The fourth-order valence-corrected chi connectivity index (χ4v) is 1.88. The first kappa shape index (κ1) is 15.1. The highest BCUT2D eigenvalue weighted by Crippen LogP contribution is 2.25. The molecule has 2 aromatic rings. The molecule has 110 valence electrons. The van der Waals surface area contributed by atoms with E-state index < -0.39 is 11.6 Å². The Morgan fingerprint density at radius 3 is 2.76 bits per heavy atom. The molecular weight excluding hydrogens is 302 g/mol. The molecule has 0 radical (unpaired) electrons. The van der Waals surface area contributed by atoms with E-state index in [-0.39, 0.29) is 28.8 Å². The summed E-state index contributed by atoms with van der Waals surface area (Å²) in [5, 5.41) is 11.4. The Morgan fingerprint density at radius 1 is 1.29 bits per heavy atom. The number of nitrogens with zero attached hydrogens (tertiary/aromatic N) is 1. The number of nitrogens with two attached hydrogens (primary N) is 1. The Hall–Kier alpha value is -2.34. The van der Waals surface area contributed by atoms with Gasteiger partial charge in [0.2, 0.25) is 0 Å². The van der Waals surface area contributed by atoms with Gasteiger partial charge in [0.25, 0.3) is 0 Å². The van der Waals surface area contributed by atoms with E-state index in [4.69, 9.17) is 27.3 Å². The van der Waals surface area contributed by atoms with Gasteiger partial charge in [0.05, 0.1) is 5.02 Å². The van der Waals surface area contributed by atoms with Crippen molar-refractivity contribution in [2.45, 2.75) is 6.61 Å². The van der Waals surface area contributed by atoms with E-state index in [0.717, 1.165) is 6.07 Å². The third-order valence-corrected chi connectivity index (χ3v) is 3.05. The van der Waals surface area contributed by atoms with Crippen LogP contribution in [0.15, 0.2) is 41.6 Å². The Kier molecular flexibility index (Phi) is 4.59. The third-order valence-electron chi connectivity index (χ3n) is 2.75. The van der Waals surface area contributed by atoms with E-state index in [1.54, 1.807) is 0 Å². The van der Waals surface area contributed by atoms with Crippen LogP contribution in [-0.2, 0) is 6.61 Å². The second-order valence-corrected chi connectivity index (χ2v) is 4.53. The van der Waals surface area contributed by atoms with Crippen molar-refractivity contribution >= 4 is 17.4 Å². The van der Waals surface area contributed by atoms with Crippen molar-refractivity contribution in [3.8, 4) is 5.75 Å². The lowest BCUT2D eigenvalue weighted by Gasteiger charge is -2.11. The smallest absolute Gasteiger partial charge is 0.183 e. The molecule has 0 unspecified atom stereocenters. The van der Waals surface area contributed by atoms with Crippen LogP contribution < -0.4 is 10.5 Å². The molecule has 2 aromatic carbocycles. The van der Waals surface area contributed by atoms with Gasteiger partial charge in [0.1, 0.15) is 12.4 Å². The zero-order valence-electron chi connectivity index (χ0n) is 10.7. The fraction of sp³-hybridized carbons (Fsp3) is 0.0714. The minimum Gasteiger partial charge on any atom is -0.486 e. The molecule has 21 heavy (non-hydrogen) atoms. The highest BCUT2D eigenvalue weighted by atomic mass is 35.5. The van der Waals surface area contributed by atoms with Crippen LogP contribution in [0.1, 0.15) is 11.1 Å². The Bertz CT molecular complexity index is 693. The molecule has 7 heteroatoms. The van der Waals surface area contributed by atoms with Gasteiger partial charge in [-0.15, -0.1) is 0 Å². The summed E-state index contributed by atoms with van der Waals surface area (Å²) in [5.74, 6) is -1.54. The summed E-state index contributed by atoms with van der Waals surface area (Å²) in [6.45, 7) is -0.0942. The molecule has 0 heterocycles. The number of hydrogen-bond acceptors (Lipinski definition) is 3. The number of amidine groups is 1. The molecule has 3 N–H and O–H groups in total. The van der Waals surface area contributed by atoms with Crippen molar-refractivity contribution in [2.24, 2.45) is 10.9 Å². The first-order valence-corrected chi connectivity index (χ1v) is 6.24. The van der Waals surface area contributed by atoms with E-state index in [2.05, 4.69) is 5.16 Å². The van der Waals surface area contributed by atoms with Crippen LogP contribution in [0.3, 0.4) is 0 Å². The van der Waals surface area contributed by atoms with Crippen molar-refractivity contribution < 1.29 is 18.7 Å². The summed E-state index contributed by atoms with van der Waals surface area (Å²) in [4.78, 5) is 0. The average molecular weight is 313 g/mol. The molecule has 2 rings (SSSR count). The van der Waals surface area contributed by atoms with Crippen LogP contribution in [0.25, 0.3) is 0 Å². The van der Waals surface area contributed by atoms with Gasteiger partial charge in [0, 0.05) is 11.1 Å². The lowest BCUT2D eigenvalue weighted by Crippen LogP contribution is -2.17. The van der Waals surface area contributed by atoms with Gasteiger partial charge in [-0.2, -0.15) is 0 Å². The standard InChI is InChI=1S/C14H11ClF2N2O2/c15-11-2-1-3-12(13(11)17)21-7-8-4-5-9(16)6-10(8)14(18)19-20/h1-6,20H,7H2,(H2,18,19). The third kappa shape index (κ3) is 3.41. The van der Waals surface area contributed by atoms with Crippen molar-refractivity contribution in [2.75, 3.05) is 0 Å². The van der Waals surface area contributed by atoms with Crippen molar-refractivity contribution in [3.05, 3.63) is 64.2 Å². The Morgan fingerprint density at radius 2 is 2.05 bits per heavy atom. The number of benzene rings is 2. The summed E-state index contributed by atoms with van der Waals surface area (Å²) < 4.78 is 32.2. The maximum absolute atomic E-state index is 13.7. The van der Waals surface area contributed by atoms with Crippen LogP contribution in [0.5, 0.6) is 5.75 Å². The minimum atomic E-state index is -0.688. The minimum absolute atomic E-state index is 0.0442. The van der Waals surface area contributed by atoms with Crippen LogP contribution in [0, 0.1) is 11.6 Å². The van der Waals surface area contributed by atoms with Gasteiger partial charge in [0.15, 0.2) is 17.4 Å². The molecule has 4 nitrogen and oxygen atoms in total. The predicted molar refractivity (Wildman–Crippen MR) is 74.7 cm³/mol. The normalized spacial score (nSPS) is 11.5. The summed E-state index contributed by atoms with van der Waals surface area (Å²) in [6, 6.07) is 8.04. The monoisotopic (exact) mass is 312 g/mol. The summed E-state index contributed by atoms with van der Waals surface area (Å²) in [7, 11) is 0. The molecule has 0 atom stereocenters. The molecule has 0 aromatic heterocycles. The van der Waals surface area contributed by atoms with Gasteiger partial charge in [-0.3, -0.25) is 0 Å². The molecule has 0 saturated carbocycles. The molecule has 0 saturated heterocycles.